The number of hydrogen-bond donors (Lipinski definition) is 1. The largest absolute Gasteiger partial charge is 0.502 e. The molecule has 4 aliphatic heterocycles. The number of carbonyl (C=O) groups is 2. The van der Waals surface area contributed by atoms with Crippen LogP contribution in [0.3, 0.4) is 0 Å². The summed E-state index contributed by atoms with van der Waals surface area (Å²) in [6.45, 7) is 2.37. The number of pyridine rings is 1. The standard InChI is InChI=1S/C26H28ClFN4O4/c27-18-12-15(5-6-19(18)28)14-29-11-7-17-21(24(29)34)23(33)26(36)32-9-2-1-8-31(25(35)22(17)32)20-13-16-4-3-10-30(16)20/h5-6,12,16,20,33H,1-4,7-11,13-14H2. The van der Waals surface area contributed by atoms with E-state index in [4.69, 9.17) is 11.6 Å². The second-order valence-corrected chi connectivity index (χ2v) is 10.6. The lowest BCUT2D eigenvalue weighted by Gasteiger charge is -2.50. The van der Waals surface area contributed by atoms with Crippen LogP contribution in [-0.2, 0) is 19.5 Å². The third kappa shape index (κ3) is 3.63. The zero-order valence-corrected chi connectivity index (χ0v) is 20.6. The van der Waals surface area contributed by atoms with Crippen LogP contribution in [0.25, 0.3) is 0 Å². The lowest BCUT2D eigenvalue weighted by atomic mass is 9.93. The smallest absolute Gasteiger partial charge is 0.294 e. The fourth-order valence-electron chi connectivity index (χ4n) is 6.33. The Hall–Kier alpha value is -2.91. The van der Waals surface area contributed by atoms with Gasteiger partial charge >= 0.3 is 0 Å². The predicted molar refractivity (Wildman–Crippen MR) is 131 cm³/mol. The summed E-state index contributed by atoms with van der Waals surface area (Å²) in [6.07, 6.45) is 5.05. The molecule has 2 atom stereocenters. The minimum Gasteiger partial charge on any atom is -0.502 e. The highest BCUT2D eigenvalue weighted by Gasteiger charge is 2.47. The van der Waals surface area contributed by atoms with Crippen molar-refractivity contribution >= 4 is 23.4 Å². The molecule has 8 nitrogen and oxygen atoms in total. The van der Waals surface area contributed by atoms with Gasteiger partial charge in [0.15, 0.2) is 5.75 Å². The Morgan fingerprint density at radius 3 is 2.61 bits per heavy atom. The van der Waals surface area contributed by atoms with Gasteiger partial charge in [0, 0.05) is 44.3 Å². The molecule has 2 aromatic rings. The van der Waals surface area contributed by atoms with Gasteiger partial charge in [0.1, 0.15) is 11.5 Å². The summed E-state index contributed by atoms with van der Waals surface area (Å²) >= 11 is 5.90. The number of hydrogen-bond acceptors (Lipinski definition) is 5. The van der Waals surface area contributed by atoms with Gasteiger partial charge in [-0.25, -0.2) is 4.39 Å². The Morgan fingerprint density at radius 2 is 1.83 bits per heavy atom. The average molecular weight is 515 g/mol. The first-order valence-electron chi connectivity index (χ1n) is 12.6. The van der Waals surface area contributed by atoms with Crippen molar-refractivity contribution in [1.29, 1.82) is 0 Å². The van der Waals surface area contributed by atoms with E-state index in [1.165, 1.54) is 21.6 Å². The monoisotopic (exact) mass is 514 g/mol. The second kappa shape index (κ2) is 8.88. The van der Waals surface area contributed by atoms with Gasteiger partial charge in [-0.1, -0.05) is 17.7 Å². The normalized spacial score (nSPS) is 24.1. The minimum absolute atomic E-state index is 0.0233. The van der Waals surface area contributed by atoms with Gasteiger partial charge in [0.2, 0.25) is 0 Å². The molecule has 190 valence electrons. The first-order valence-corrected chi connectivity index (χ1v) is 13.0. The van der Waals surface area contributed by atoms with Crippen molar-refractivity contribution in [2.45, 2.75) is 63.8 Å². The van der Waals surface area contributed by atoms with Crippen LogP contribution in [0.2, 0.25) is 5.02 Å². The van der Waals surface area contributed by atoms with Crippen LogP contribution in [0.5, 0.6) is 5.75 Å². The number of benzene rings is 1. The molecule has 10 heteroatoms. The molecule has 2 fully saturated rings. The number of aromatic nitrogens is 1. The average Bonchev–Trinajstić information content (AvgIpc) is 3.21. The molecule has 5 heterocycles. The van der Waals surface area contributed by atoms with Gasteiger partial charge in [0.05, 0.1) is 16.8 Å². The molecule has 0 aliphatic carbocycles. The van der Waals surface area contributed by atoms with Gasteiger partial charge < -0.3 is 19.5 Å². The number of rotatable bonds is 3. The molecule has 4 aliphatic rings. The highest BCUT2D eigenvalue weighted by atomic mass is 35.5. The van der Waals surface area contributed by atoms with Gasteiger partial charge in [0.25, 0.3) is 17.4 Å². The van der Waals surface area contributed by atoms with Crippen molar-refractivity contribution in [2.75, 3.05) is 19.6 Å². The van der Waals surface area contributed by atoms with E-state index in [2.05, 4.69) is 4.90 Å². The molecule has 1 aromatic heterocycles. The van der Waals surface area contributed by atoms with Gasteiger partial charge in [-0.05, 0) is 56.2 Å². The van der Waals surface area contributed by atoms with Crippen LogP contribution >= 0.6 is 11.6 Å². The Morgan fingerprint density at radius 1 is 1.03 bits per heavy atom. The molecule has 2 amide bonds. The Balaban J connectivity index is 1.38. The zero-order chi connectivity index (χ0) is 25.1. The van der Waals surface area contributed by atoms with E-state index in [0.29, 0.717) is 49.6 Å². The molecule has 36 heavy (non-hydrogen) atoms. The van der Waals surface area contributed by atoms with Crippen LogP contribution in [0.1, 0.15) is 64.1 Å². The molecular weight excluding hydrogens is 487 g/mol. The maximum Gasteiger partial charge on any atom is 0.294 e. The van der Waals surface area contributed by atoms with E-state index in [0.717, 1.165) is 32.2 Å². The van der Waals surface area contributed by atoms with E-state index >= 15 is 0 Å². The lowest BCUT2D eigenvalue weighted by Crippen LogP contribution is -2.62. The van der Waals surface area contributed by atoms with Gasteiger partial charge in [-0.3, -0.25) is 19.3 Å². The molecule has 0 bridgehead atoms. The maximum atomic E-state index is 14.0. The fraction of sp³-hybridized carbons (Fsp3) is 0.500. The molecule has 0 radical (unpaired) electrons. The van der Waals surface area contributed by atoms with Crippen molar-refractivity contribution in [3.05, 3.63) is 61.8 Å². The molecular formula is C26H28ClFN4O4. The van der Waals surface area contributed by atoms with E-state index in [1.54, 1.807) is 6.07 Å². The molecule has 0 saturated carbocycles. The molecule has 0 spiro atoms. The number of fused-ring (bicyclic) bond motifs is 4. The topological polar surface area (TPSA) is 86.1 Å². The van der Waals surface area contributed by atoms with Crippen LogP contribution in [-0.4, -0.2) is 68.0 Å². The van der Waals surface area contributed by atoms with Crippen molar-refractivity contribution < 1.29 is 19.1 Å². The third-order valence-electron chi connectivity index (χ3n) is 8.17. The highest BCUT2D eigenvalue weighted by Crippen LogP contribution is 2.38. The Labute approximate surface area is 212 Å². The van der Waals surface area contributed by atoms with Crippen LogP contribution in [0.4, 0.5) is 4.39 Å². The predicted octanol–water partition coefficient (Wildman–Crippen LogP) is 2.98. The summed E-state index contributed by atoms with van der Waals surface area (Å²) in [7, 11) is 0. The molecule has 1 aromatic carbocycles. The summed E-state index contributed by atoms with van der Waals surface area (Å²) in [5.41, 5.74) is 0.527. The van der Waals surface area contributed by atoms with E-state index in [9.17, 15) is 23.9 Å². The number of nitrogens with zero attached hydrogens (tertiary/aromatic N) is 4. The minimum atomic E-state index is -0.702. The van der Waals surface area contributed by atoms with E-state index < -0.39 is 23.0 Å². The first-order chi connectivity index (χ1) is 17.3. The number of aromatic hydroxyl groups is 1. The summed E-state index contributed by atoms with van der Waals surface area (Å²) in [4.78, 5) is 46.5. The Bertz CT molecular complexity index is 1330. The number of amides is 2. The third-order valence-corrected chi connectivity index (χ3v) is 8.46. The molecule has 2 unspecified atom stereocenters. The van der Waals surface area contributed by atoms with E-state index in [-0.39, 0.29) is 34.9 Å². The number of halogens is 2. The maximum absolute atomic E-state index is 14.0. The fourth-order valence-corrected chi connectivity index (χ4v) is 6.54. The summed E-state index contributed by atoms with van der Waals surface area (Å²) < 4.78 is 15.0. The SMILES string of the molecule is O=C1c2c(c3n(c(=O)c2O)CCCCN(C2CC4CCCN42)C3=O)CCN1Cc1ccc(F)c(Cl)c1. The summed E-state index contributed by atoms with van der Waals surface area (Å²) in [5.74, 6) is -1.90. The zero-order valence-electron chi connectivity index (χ0n) is 19.9. The summed E-state index contributed by atoms with van der Waals surface area (Å²) in [5, 5.41) is 10.8. The highest BCUT2D eigenvalue weighted by molar-refractivity contribution is 6.30. The quantitative estimate of drug-likeness (QED) is 0.680. The van der Waals surface area contributed by atoms with Crippen LogP contribution < -0.4 is 5.56 Å². The molecule has 1 N–H and O–H groups in total. The first kappa shape index (κ1) is 23.5. The molecule has 2 saturated heterocycles. The lowest BCUT2D eigenvalue weighted by molar-refractivity contribution is -0.0462. The van der Waals surface area contributed by atoms with Crippen molar-refractivity contribution in [1.82, 2.24) is 19.3 Å². The van der Waals surface area contributed by atoms with Crippen molar-refractivity contribution in [3.8, 4) is 5.75 Å². The van der Waals surface area contributed by atoms with Gasteiger partial charge in [-0.2, -0.15) is 0 Å². The van der Waals surface area contributed by atoms with Crippen LogP contribution in [0, 0.1) is 5.82 Å². The van der Waals surface area contributed by atoms with Crippen molar-refractivity contribution in [3.63, 3.8) is 0 Å². The van der Waals surface area contributed by atoms with E-state index in [1.807, 2.05) is 4.90 Å². The van der Waals surface area contributed by atoms with Crippen molar-refractivity contribution in [2.24, 2.45) is 0 Å². The van der Waals surface area contributed by atoms with Gasteiger partial charge in [-0.15, -0.1) is 0 Å². The Kier molecular flexibility index (Phi) is 5.80. The molecule has 6 rings (SSSR count). The second-order valence-electron chi connectivity index (χ2n) is 10.2. The summed E-state index contributed by atoms with van der Waals surface area (Å²) in [6, 6.07) is 4.77. The van der Waals surface area contributed by atoms with Crippen LogP contribution in [0.15, 0.2) is 23.0 Å². The number of carbonyl (C=O) groups excluding carboxylic acids is 2.